The summed E-state index contributed by atoms with van der Waals surface area (Å²) in [6.07, 6.45) is 7.17. The zero-order chi connectivity index (χ0) is 16.5. The Kier molecular flexibility index (Phi) is 3.42. The van der Waals surface area contributed by atoms with E-state index in [1.807, 2.05) is 54.2 Å². The van der Waals surface area contributed by atoms with Gasteiger partial charge in [-0.25, -0.2) is 18.9 Å². The minimum atomic E-state index is -0.395. The number of hydrogen-bond donors (Lipinski definition) is 0. The third-order valence-electron chi connectivity index (χ3n) is 3.69. The van der Waals surface area contributed by atoms with Crippen molar-refractivity contribution in [3.63, 3.8) is 0 Å². The molecule has 4 rings (SSSR count). The first-order valence-electron chi connectivity index (χ1n) is 7.48. The topological polar surface area (TPSA) is 48.0 Å². The van der Waals surface area contributed by atoms with Gasteiger partial charge in [-0.2, -0.15) is 0 Å². The van der Waals surface area contributed by atoms with Crippen molar-refractivity contribution < 1.29 is 4.39 Å². The van der Waals surface area contributed by atoms with Gasteiger partial charge < -0.3 is 4.57 Å². The monoisotopic (exact) mass is 319 g/mol. The van der Waals surface area contributed by atoms with Crippen LogP contribution in [0, 0.1) is 5.82 Å². The molecule has 4 aromatic rings. The SMILES string of the molecule is Cn1cc(-c2ccccc2)nc1/C=C/c1nc2c(F)cccn2n1. The molecule has 0 unspecified atom stereocenters. The molecule has 0 radical (unpaired) electrons. The largest absolute Gasteiger partial charge is 0.334 e. The quantitative estimate of drug-likeness (QED) is 0.581. The first-order valence-corrected chi connectivity index (χ1v) is 7.48. The fraction of sp³-hybridized carbons (Fsp3) is 0.0556. The van der Waals surface area contributed by atoms with Gasteiger partial charge in [-0.05, 0) is 24.3 Å². The van der Waals surface area contributed by atoms with Crippen molar-refractivity contribution in [2.45, 2.75) is 0 Å². The van der Waals surface area contributed by atoms with Gasteiger partial charge in [0.1, 0.15) is 5.82 Å². The predicted molar refractivity (Wildman–Crippen MR) is 90.5 cm³/mol. The molecule has 118 valence electrons. The van der Waals surface area contributed by atoms with Gasteiger partial charge >= 0.3 is 0 Å². The van der Waals surface area contributed by atoms with Crippen LogP contribution in [0.25, 0.3) is 29.1 Å². The van der Waals surface area contributed by atoms with E-state index in [0.29, 0.717) is 5.82 Å². The number of nitrogens with zero attached hydrogens (tertiary/aromatic N) is 5. The summed E-state index contributed by atoms with van der Waals surface area (Å²) < 4.78 is 17.0. The van der Waals surface area contributed by atoms with Crippen LogP contribution in [0.1, 0.15) is 11.6 Å². The first-order chi connectivity index (χ1) is 11.7. The van der Waals surface area contributed by atoms with Crippen molar-refractivity contribution in [2.24, 2.45) is 7.05 Å². The third-order valence-corrected chi connectivity index (χ3v) is 3.69. The highest BCUT2D eigenvalue weighted by Gasteiger charge is 2.07. The lowest BCUT2D eigenvalue weighted by Gasteiger charge is -1.92. The Morgan fingerprint density at radius 1 is 1.00 bits per heavy atom. The van der Waals surface area contributed by atoms with E-state index in [1.54, 1.807) is 18.3 Å². The van der Waals surface area contributed by atoms with Crippen LogP contribution < -0.4 is 0 Å². The number of aromatic nitrogens is 5. The van der Waals surface area contributed by atoms with Crippen LogP contribution in [0.2, 0.25) is 0 Å². The predicted octanol–water partition coefficient (Wildman–Crippen LogP) is 3.44. The summed E-state index contributed by atoms with van der Waals surface area (Å²) in [5.41, 5.74) is 2.16. The van der Waals surface area contributed by atoms with Crippen LogP contribution in [0.5, 0.6) is 0 Å². The summed E-state index contributed by atoms with van der Waals surface area (Å²) >= 11 is 0. The molecule has 3 aromatic heterocycles. The van der Waals surface area contributed by atoms with Crippen LogP contribution in [-0.2, 0) is 7.05 Å². The first kappa shape index (κ1) is 14.3. The van der Waals surface area contributed by atoms with E-state index in [2.05, 4.69) is 15.1 Å². The van der Waals surface area contributed by atoms with Crippen molar-refractivity contribution in [3.8, 4) is 11.3 Å². The molecule has 0 atom stereocenters. The average molecular weight is 319 g/mol. The molecular weight excluding hydrogens is 305 g/mol. The van der Waals surface area contributed by atoms with Crippen LogP contribution >= 0.6 is 0 Å². The standard InChI is InChI=1S/C18H14FN5/c1-23-12-15(13-6-3-2-4-7-13)20-17(23)10-9-16-21-18-14(19)8-5-11-24(18)22-16/h2-12H,1H3/b10-9+. The minimum Gasteiger partial charge on any atom is -0.334 e. The number of halogens is 1. The highest BCUT2D eigenvalue weighted by molar-refractivity contribution is 5.67. The van der Waals surface area contributed by atoms with Gasteiger partial charge in [-0.1, -0.05) is 30.3 Å². The van der Waals surface area contributed by atoms with Crippen molar-refractivity contribution in [1.82, 2.24) is 24.1 Å². The lowest BCUT2D eigenvalue weighted by molar-refractivity contribution is 0.627. The molecular formula is C18H14FN5. The maximum absolute atomic E-state index is 13.7. The second kappa shape index (κ2) is 5.73. The summed E-state index contributed by atoms with van der Waals surface area (Å²) in [5.74, 6) is 0.811. The highest BCUT2D eigenvalue weighted by atomic mass is 19.1. The number of aryl methyl sites for hydroxylation is 1. The van der Waals surface area contributed by atoms with Crippen LogP contribution in [0.3, 0.4) is 0 Å². The van der Waals surface area contributed by atoms with E-state index in [-0.39, 0.29) is 5.65 Å². The Morgan fingerprint density at radius 2 is 1.83 bits per heavy atom. The fourth-order valence-electron chi connectivity index (χ4n) is 2.49. The van der Waals surface area contributed by atoms with E-state index >= 15 is 0 Å². The average Bonchev–Trinajstić information content (AvgIpc) is 3.18. The molecule has 24 heavy (non-hydrogen) atoms. The number of benzene rings is 1. The van der Waals surface area contributed by atoms with Gasteiger partial charge in [-0.15, -0.1) is 5.10 Å². The number of fused-ring (bicyclic) bond motifs is 1. The lowest BCUT2D eigenvalue weighted by Crippen LogP contribution is -1.89. The van der Waals surface area contributed by atoms with Crippen LogP contribution in [0.15, 0.2) is 54.9 Å². The van der Waals surface area contributed by atoms with Gasteiger partial charge in [-0.3, -0.25) is 0 Å². The van der Waals surface area contributed by atoms with Crippen LogP contribution in [0.4, 0.5) is 4.39 Å². The zero-order valence-electron chi connectivity index (χ0n) is 13.0. The Morgan fingerprint density at radius 3 is 2.62 bits per heavy atom. The molecule has 3 heterocycles. The van der Waals surface area contributed by atoms with Gasteiger partial charge in [0, 0.05) is 25.0 Å². The molecule has 0 bridgehead atoms. The van der Waals surface area contributed by atoms with Crippen LogP contribution in [-0.4, -0.2) is 24.1 Å². The molecule has 0 aliphatic heterocycles. The lowest BCUT2D eigenvalue weighted by atomic mass is 10.2. The third kappa shape index (κ3) is 2.58. The molecule has 0 aliphatic rings. The highest BCUT2D eigenvalue weighted by Crippen LogP contribution is 2.18. The minimum absolute atomic E-state index is 0.210. The van der Waals surface area contributed by atoms with E-state index in [4.69, 9.17) is 0 Å². The summed E-state index contributed by atoms with van der Waals surface area (Å²) in [7, 11) is 1.93. The second-order valence-electron chi connectivity index (χ2n) is 5.39. The Hall–Kier alpha value is -3.28. The maximum Gasteiger partial charge on any atom is 0.191 e. The van der Waals surface area contributed by atoms with Crippen molar-refractivity contribution in [3.05, 3.63) is 72.3 Å². The Bertz CT molecular complexity index is 1030. The van der Waals surface area contributed by atoms with Crippen molar-refractivity contribution >= 4 is 17.8 Å². The fourth-order valence-corrected chi connectivity index (χ4v) is 2.49. The van der Waals surface area contributed by atoms with Crippen molar-refractivity contribution in [2.75, 3.05) is 0 Å². The maximum atomic E-state index is 13.7. The second-order valence-corrected chi connectivity index (χ2v) is 5.39. The molecule has 0 amide bonds. The van der Waals surface area contributed by atoms with E-state index in [1.165, 1.54) is 10.6 Å². The van der Waals surface area contributed by atoms with Gasteiger partial charge in [0.25, 0.3) is 0 Å². The molecule has 6 heteroatoms. The van der Waals surface area contributed by atoms with Gasteiger partial charge in [0.2, 0.25) is 0 Å². The molecule has 1 aromatic carbocycles. The number of hydrogen-bond acceptors (Lipinski definition) is 3. The van der Waals surface area contributed by atoms with Crippen molar-refractivity contribution in [1.29, 1.82) is 0 Å². The van der Waals surface area contributed by atoms with Gasteiger partial charge in [0.15, 0.2) is 17.3 Å². The van der Waals surface area contributed by atoms with E-state index < -0.39 is 5.82 Å². The van der Waals surface area contributed by atoms with E-state index in [9.17, 15) is 4.39 Å². The number of imidazole rings is 1. The molecule has 0 fully saturated rings. The van der Waals surface area contributed by atoms with E-state index in [0.717, 1.165) is 17.1 Å². The Labute approximate surface area is 137 Å². The molecule has 0 saturated heterocycles. The molecule has 0 aliphatic carbocycles. The summed E-state index contributed by atoms with van der Waals surface area (Å²) in [5, 5.41) is 4.22. The summed E-state index contributed by atoms with van der Waals surface area (Å²) in [4.78, 5) is 8.78. The zero-order valence-corrected chi connectivity index (χ0v) is 13.0. The summed E-state index contributed by atoms with van der Waals surface area (Å²) in [6, 6.07) is 12.9. The molecule has 5 nitrogen and oxygen atoms in total. The molecule has 0 N–H and O–H groups in total. The van der Waals surface area contributed by atoms with Gasteiger partial charge in [0.05, 0.1) is 5.69 Å². The number of pyridine rings is 1. The molecule has 0 saturated carbocycles. The Balaban J connectivity index is 1.66. The summed E-state index contributed by atoms with van der Waals surface area (Å²) in [6.45, 7) is 0. The normalized spacial score (nSPS) is 11.6. The number of rotatable bonds is 3. The smallest absolute Gasteiger partial charge is 0.191 e. The molecule has 0 spiro atoms.